The highest BCUT2D eigenvalue weighted by Crippen LogP contribution is 2.32. The molecular weight excluding hydrogens is 350 g/mol. The van der Waals surface area contributed by atoms with Gasteiger partial charge in [0, 0.05) is 11.4 Å². The number of amides is 1. The van der Waals surface area contributed by atoms with E-state index in [-0.39, 0.29) is 5.91 Å². The molecule has 0 spiro atoms. The number of nitrogens with one attached hydrogen (secondary N) is 3. The van der Waals surface area contributed by atoms with Gasteiger partial charge in [0.1, 0.15) is 0 Å². The van der Waals surface area contributed by atoms with Crippen LogP contribution in [0.25, 0.3) is 0 Å². The van der Waals surface area contributed by atoms with E-state index in [1.807, 2.05) is 24.3 Å². The van der Waals surface area contributed by atoms with Crippen LogP contribution < -0.4 is 16.2 Å². The van der Waals surface area contributed by atoms with Crippen LogP contribution in [0.4, 0.5) is 0 Å². The summed E-state index contributed by atoms with van der Waals surface area (Å²) in [6.45, 7) is 2.98. The minimum absolute atomic E-state index is 0.126. The van der Waals surface area contributed by atoms with E-state index in [9.17, 15) is 4.79 Å². The molecule has 2 aromatic rings. The van der Waals surface area contributed by atoms with Crippen LogP contribution in [-0.4, -0.2) is 17.6 Å². The van der Waals surface area contributed by atoms with Crippen molar-refractivity contribution in [2.45, 2.75) is 32.6 Å². The number of carbonyl (C=O) groups excluding carboxylic acids is 1. The Morgan fingerprint density at radius 1 is 1.28 bits per heavy atom. The van der Waals surface area contributed by atoms with Crippen LogP contribution >= 0.6 is 23.6 Å². The normalized spacial score (nSPS) is 16.0. The van der Waals surface area contributed by atoms with Crippen LogP contribution in [-0.2, 0) is 19.3 Å². The van der Waals surface area contributed by atoms with E-state index in [2.05, 4.69) is 35.2 Å². The molecule has 1 aromatic heterocycles. The van der Waals surface area contributed by atoms with E-state index in [1.54, 1.807) is 11.3 Å². The molecule has 0 saturated carbocycles. The SMILES string of the molecule is C[C@H]1CCc2sc(C(=O)NNC(=S)NCCc3ccccc3)cc2C1. The van der Waals surface area contributed by atoms with Crippen LogP contribution in [0.3, 0.4) is 0 Å². The number of fused-ring (bicyclic) bond motifs is 1. The number of aryl methyl sites for hydroxylation is 1. The zero-order chi connectivity index (χ0) is 17.6. The highest BCUT2D eigenvalue weighted by Gasteiger charge is 2.20. The molecule has 1 amide bonds. The molecule has 1 aromatic carbocycles. The van der Waals surface area contributed by atoms with Crippen molar-refractivity contribution >= 4 is 34.6 Å². The minimum Gasteiger partial charge on any atom is -0.361 e. The molecule has 0 saturated heterocycles. The summed E-state index contributed by atoms with van der Waals surface area (Å²) in [5, 5.41) is 3.53. The zero-order valence-corrected chi connectivity index (χ0v) is 15.9. The number of thiocarbonyl (C=S) groups is 1. The van der Waals surface area contributed by atoms with Crippen LogP contribution in [0.5, 0.6) is 0 Å². The van der Waals surface area contributed by atoms with E-state index in [4.69, 9.17) is 12.2 Å². The van der Waals surface area contributed by atoms with Crippen molar-refractivity contribution in [2.75, 3.05) is 6.54 Å². The smallest absolute Gasteiger partial charge is 0.279 e. The Balaban J connectivity index is 1.42. The standard InChI is InChI=1S/C19H23N3OS2/c1-13-7-8-16-15(11-13)12-17(25-16)18(23)21-22-19(24)20-10-9-14-5-3-2-4-6-14/h2-6,12-13H,7-11H2,1H3,(H,21,23)(H2,20,22,24)/t13-/m0/s1. The third kappa shape index (κ3) is 5.03. The molecule has 0 radical (unpaired) electrons. The maximum atomic E-state index is 12.3. The maximum absolute atomic E-state index is 12.3. The molecule has 0 fully saturated rings. The molecule has 0 aliphatic heterocycles. The van der Waals surface area contributed by atoms with Gasteiger partial charge in [-0.2, -0.15) is 0 Å². The maximum Gasteiger partial charge on any atom is 0.279 e. The lowest BCUT2D eigenvalue weighted by molar-refractivity contribution is 0.0947. The topological polar surface area (TPSA) is 53.2 Å². The first-order chi connectivity index (χ1) is 12.1. The molecule has 3 N–H and O–H groups in total. The van der Waals surface area contributed by atoms with Gasteiger partial charge in [-0.25, -0.2) is 0 Å². The molecule has 1 heterocycles. The van der Waals surface area contributed by atoms with Gasteiger partial charge in [-0.15, -0.1) is 11.3 Å². The Kier molecular flexibility index (Phi) is 6.04. The Labute approximate surface area is 158 Å². The summed E-state index contributed by atoms with van der Waals surface area (Å²) in [6, 6.07) is 12.2. The minimum atomic E-state index is -0.126. The van der Waals surface area contributed by atoms with Crippen molar-refractivity contribution in [1.82, 2.24) is 16.2 Å². The van der Waals surface area contributed by atoms with Crippen LogP contribution in [0.1, 0.15) is 39.0 Å². The molecular formula is C19H23N3OS2. The number of benzene rings is 1. The molecule has 3 rings (SSSR count). The van der Waals surface area contributed by atoms with Crippen LogP contribution in [0, 0.1) is 5.92 Å². The summed E-state index contributed by atoms with van der Waals surface area (Å²) in [4.78, 5) is 14.4. The first-order valence-corrected chi connectivity index (χ1v) is 9.84. The number of rotatable bonds is 4. The van der Waals surface area contributed by atoms with E-state index in [1.165, 1.54) is 22.4 Å². The van der Waals surface area contributed by atoms with E-state index in [0.29, 0.717) is 11.0 Å². The molecule has 132 valence electrons. The van der Waals surface area contributed by atoms with Crippen molar-refractivity contribution < 1.29 is 4.79 Å². The monoisotopic (exact) mass is 373 g/mol. The van der Waals surface area contributed by atoms with Gasteiger partial charge in [-0.05, 0) is 61.0 Å². The first kappa shape index (κ1) is 17.9. The number of hydrazine groups is 1. The van der Waals surface area contributed by atoms with Crippen molar-refractivity contribution in [3.8, 4) is 0 Å². The van der Waals surface area contributed by atoms with Crippen molar-refractivity contribution in [3.05, 3.63) is 57.3 Å². The lowest BCUT2D eigenvalue weighted by Gasteiger charge is -2.16. The fourth-order valence-electron chi connectivity index (χ4n) is 3.00. The molecule has 4 nitrogen and oxygen atoms in total. The highest BCUT2D eigenvalue weighted by molar-refractivity contribution is 7.80. The summed E-state index contributed by atoms with van der Waals surface area (Å²) in [5.41, 5.74) is 8.05. The van der Waals surface area contributed by atoms with Gasteiger partial charge in [-0.3, -0.25) is 15.6 Å². The van der Waals surface area contributed by atoms with Gasteiger partial charge < -0.3 is 5.32 Å². The number of thiophene rings is 1. The molecule has 1 aliphatic rings. The summed E-state index contributed by atoms with van der Waals surface area (Å²) < 4.78 is 0. The van der Waals surface area contributed by atoms with Gasteiger partial charge >= 0.3 is 0 Å². The molecule has 6 heteroatoms. The van der Waals surface area contributed by atoms with Gasteiger partial charge in [0.05, 0.1) is 4.88 Å². The van der Waals surface area contributed by atoms with Crippen LogP contribution in [0.15, 0.2) is 36.4 Å². The summed E-state index contributed by atoms with van der Waals surface area (Å²) in [7, 11) is 0. The van der Waals surface area contributed by atoms with Crippen molar-refractivity contribution in [2.24, 2.45) is 5.92 Å². The Morgan fingerprint density at radius 2 is 2.08 bits per heavy atom. The Morgan fingerprint density at radius 3 is 2.88 bits per heavy atom. The predicted molar refractivity (Wildman–Crippen MR) is 107 cm³/mol. The quantitative estimate of drug-likeness (QED) is 0.569. The van der Waals surface area contributed by atoms with Crippen molar-refractivity contribution in [3.63, 3.8) is 0 Å². The Bertz CT molecular complexity index is 742. The lowest BCUT2D eigenvalue weighted by Crippen LogP contribution is -2.47. The van der Waals surface area contributed by atoms with Gasteiger partial charge in [0.25, 0.3) is 5.91 Å². The Hall–Kier alpha value is -1.92. The molecule has 1 aliphatic carbocycles. The largest absolute Gasteiger partial charge is 0.361 e. The fraction of sp³-hybridized carbons (Fsp3) is 0.368. The second-order valence-corrected chi connectivity index (χ2v) is 8.02. The van der Waals surface area contributed by atoms with Gasteiger partial charge in [-0.1, -0.05) is 37.3 Å². The first-order valence-electron chi connectivity index (χ1n) is 8.61. The lowest BCUT2D eigenvalue weighted by atomic mass is 9.90. The number of hydrogen-bond donors (Lipinski definition) is 3. The van der Waals surface area contributed by atoms with Crippen molar-refractivity contribution in [1.29, 1.82) is 0 Å². The average Bonchev–Trinajstić information content (AvgIpc) is 3.04. The van der Waals surface area contributed by atoms with E-state index in [0.717, 1.165) is 30.7 Å². The van der Waals surface area contributed by atoms with E-state index >= 15 is 0 Å². The van der Waals surface area contributed by atoms with Gasteiger partial charge in [0.2, 0.25) is 0 Å². The zero-order valence-electron chi connectivity index (χ0n) is 14.3. The average molecular weight is 374 g/mol. The third-order valence-corrected chi connectivity index (χ3v) is 5.87. The van der Waals surface area contributed by atoms with E-state index < -0.39 is 0 Å². The number of hydrogen-bond acceptors (Lipinski definition) is 3. The molecule has 1 atom stereocenters. The summed E-state index contributed by atoms with van der Waals surface area (Å²) in [5.74, 6) is 0.580. The summed E-state index contributed by atoms with van der Waals surface area (Å²) in [6.07, 6.45) is 4.25. The summed E-state index contributed by atoms with van der Waals surface area (Å²) >= 11 is 6.80. The highest BCUT2D eigenvalue weighted by atomic mass is 32.1. The molecule has 0 bridgehead atoms. The van der Waals surface area contributed by atoms with Gasteiger partial charge in [0.15, 0.2) is 5.11 Å². The fourth-order valence-corrected chi connectivity index (χ4v) is 4.26. The van der Waals surface area contributed by atoms with Crippen LogP contribution in [0.2, 0.25) is 0 Å². The number of carbonyl (C=O) groups is 1. The second-order valence-electron chi connectivity index (χ2n) is 6.48. The molecule has 0 unspecified atom stereocenters. The predicted octanol–water partition coefficient (Wildman–Crippen LogP) is 3.22. The molecule has 25 heavy (non-hydrogen) atoms. The third-order valence-electron chi connectivity index (χ3n) is 4.38. The second kappa shape index (κ2) is 8.45.